The summed E-state index contributed by atoms with van der Waals surface area (Å²) in [5, 5.41) is 3.08. The Labute approximate surface area is 237 Å². The van der Waals surface area contributed by atoms with Crippen LogP contribution in [0.3, 0.4) is 0 Å². The molecule has 1 aliphatic rings. The van der Waals surface area contributed by atoms with E-state index in [0.717, 1.165) is 35.6 Å². The van der Waals surface area contributed by atoms with E-state index in [9.17, 15) is 18.0 Å². The molecule has 0 bridgehead atoms. The number of nitrogens with zero attached hydrogens (tertiary/aromatic N) is 2. The fourth-order valence-corrected chi connectivity index (χ4v) is 6.48. The normalized spacial score (nSPS) is 14.4. The first kappa shape index (κ1) is 29.1. The molecule has 1 atom stereocenters. The van der Waals surface area contributed by atoms with E-state index in [1.165, 1.54) is 17.0 Å². The van der Waals surface area contributed by atoms with Gasteiger partial charge in [0.1, 0.15) is 18.3 Å². The zero-order chi connectivity index (χ0) is 28.7. The quantitative estimate of drug-likeness (QED) is 0.366. The van der Waals surface area contributed by atoms with E-state index < -0.39 is 28.5 Å². The van der Waals surface area contributed by atoms with Crippen molar-refractivity contribution in [3.8, 4) is 5.75 Å². The molecule has 3 aromatic rings. The molecule has 212 valence electrons. The van der Waals surface area contributed by atoms with Crippen molar-refractivity contribution in [3.63, 3.8) is 0 Å². The standard InChI is InChI=1S/C31H37N3O5S/c1-23-11-7-10-16-29(23)34(40(37,38)28-14-5-4-6-15-28)22-30(35)33(21-25-17-19-27(39-3)20-18-25)24(2)31(36)32-26-12-8-9-13-26/h4-7,10-11,14-20,24,26H,8-9,12-13,21-22H2,1-3H3,(H,32,36)/t24-/m0/s1. The first-order chi connectivity index (χ1) is 19.2. The number of benzene rings is 3. The molecule has 9 heteroatoms. The van der Waals surface area contributed by atoms with Crippen molar-refractivity contribution in [1.29, 1.82) is 0 Å². The Kier molecular flexibility index (Phi) is 9.47. The predicted octanol–water partition coefficient (Wildman–Crippen LogP) is 4.68. The minimum absolute atomic E-state index is 0.0831. The van der Waals surface area contributed by atoms with Crippen LogP contribution < -0.4 is 14.4 Å². The summed E-state index contributed by atoms with van der Waals surface area (Å²) in [7, 11) is -2.51. The van der Waals surface area contributed by atoms with Crippen molar-refractivity contribution >= 4 is 27.5 Å². The number of hydrogen-bond donors (Lipinski definition) is 1. The van der Waals surface area contributed by atoms with Crippen LogP contribution in [0.15, 0.2) is 83.8 Å². The number of para-hydroxylation sites is 1. The topological polar surface area (TPSA) is 96.0 Å². The maximum absolute atomic E-state index is 14.0. The average Bonchev–Trinajstić information content (AvgIpc) is 3.48. The van der Waals surface area contributed by atoms with E-state index in [1.54, 1.807) is 69.5 Å². The number of hydrogen-bond acceptors (Lipinski definition) is 5. The summed E-state index contributed by atoms with van der Waals surface area (Å²) in [6.45, 7) is 3.17. The Morgan fingerprint density at radius 3 is 2.20 bits per heavy atom. The minimum atomic E-state index is -4.08. The summed E-state index contributed by atoms with van der Waals surface area (Å²) in [6, 6.07) is 21.6. The van der Waals surface area contributed by atoms with Gasteiger partial charge in [-0.3, -0.25) is 13.9 Å². The maximum Gasteiger partial charge on any atom is 0.264 e. The summed E-state index contributed by atoms with van der Waals surface area (Å²) in [4.78, 5) is 28.9. The number of aryl methyl sites for hydroxylation is 1. The third-order valence-electron chi connectivity index (χ3n) is 7.38. The van der Waals surface area contributed by atoms with Crippen LogP contribution in [0, 0.1) is 6.92 Å². The molecule has 0 heterocycles. The Balaban J connectivity index is 1.68. The number of rotatable bonds is 11. The first-order valence-electron chi connectivity index (χ1n) is 13.6. The molecule has 40 heavy (non-hydrogen) atoms. The van der Waals surface area contributed by atoms with E-state index >= 15 is 0 Å². The molecule has 0 spiro atoms. The van der Waals surface area contributed by atoms with E-state index in [0.29, 0.717) is 17.0 Å². The summed E-state index contributed by atoms with van der Waals surface area (Å²) in [6.07, 6.45) is 3.97. The number of anilines is 1. The molecular formula is C31H37N3O5S. The van der Waals surface area contributed by atoms with Crippen LogP contribution in [0.5, 0.6) is 5.75 Å². The van der Waals surface area contributed by atoms with Crippen molar-refractivity contribution in [1.82, 2.24) is 10.2 Å². The van der Waals surface area contributed by atoms with Crippen LogP contribution in [-0.2, 0) is 26.2 Å². The summed E-state index contributed by atoms with van der Waals surface area (Å²) in [5.74, 6) is -0.0527. The zero-order valence-electron chi connectivity index (χ0n) is 23.2. The lowest BCUT2D eigenvalue weighted by molar-refractivity contribution is -0.139. The van der Waals surface area contributed by atoms with E-state index in [-0.39, 0.29) is 23.4 Å². The molecular weight excluding hydrogens is 526 g/mol. The molecule has 0 aliphatic heterocycles. The van der Waals surface area contributed by atoms with Crippen molar-refractivity contribution in [3.05, 3.63) is 90.0 Å². The average molecular weight is 564 g/mol. The number of methoxy groups -OCH3 is 1. The molecule has 2 amide bonds. The van der Waals surface area contributed by atoms with Gasteiger partial charge in [-0.25, -0.2) is 8.42 Å². The Morgan fingerprint density at radius 1 is 0.950 bits per heavy atom. The van der Waals surface area contributed by atoms with E-state index in [1.807, 2.05) is 18.2 Å². The zero-order valence-corrected chi connectivity index (χ0v) is 24.1. The number of nitrogens with one attached hydrogen (secondary N) is 1. The van der Waals surface area contributed by atoms with Crippen molar-refractivity contribution in [2.75, 3.05) is 18.0 Å². The Hall–Kier alpha value is -3.85. The highest BCUT2D eigenvalue weighted by molar-refractivity contribution is 7.92. The van der Waals surface area contributed by atoms with Gasteiger partial charge >= 0.3 is 0 Å². The largest absolute Gasteiger partial charge is 0.497 e. The highest BCUT2D eigenvalue weighted by Gasteiger charge is 2.33. The monoisotopic (exact) mass is 563 g/mol. The molecule has 8 nitrogen and oxygen atoms in total. The van der Waals surface area contributed by atoms with Gasteiger partial charge < -0.3 is 15.0 Å². The third kappa shape index (κ3) is 6.83. The van der Waals surface area contributed by atoms with E-state index in [2.05, 4.69) is 5.32 Å². The second-order valence-electron chi connectivity index (χ2n) is 10.1. The molecule has 0 radical (unpaired) electrons. The molecule has 0 unspecified atom stereocenters. The number of ether oxygens (including phenoxy) is 1. The second-order valence-corrected chi connectivity index (χ2v) is 12.0. The molecule has 1 saturated carbocycles. The summed E-state index contributed by atoms with van der Waals surface area (Å²) in [5.41, 5.74) is 1.92. The summed E-state index contributed by atoms with van der Waals surface area (Å²) >= 11 is 0. The Morgan fingerprint density at radius 2 is 1.57 bits per heavy atom. The molecule has 1 aliphatic carbocycles. The van der Waals surface area contributed by atoms with E-state index in [4.69, 9.17) is 4.74 Å². The maximum atomic E-state index is 14.0. The SMILES string of the molecule is COc1ccc(CN(C(=O)CN(c2ccccc2C)S(=O)(=O)c2ccccc2)[C@@H](C)C(=O)NC2CCCC2)cc1. The molecule has 0 aromatic heterocycles. The number of carbonyl (C=O) groups is 2. The lowest BCUT2D eigenvalue weighted by Gasteiger charge is -2.33. The van der Waals surface area contributed by atoms with Gasteiger partial charge in [0.15, 0.2) is 0 Å². The van der Waals surface area contributed by atoms with Crippen molar-refractivity contribution in [2.45, 2.75) is 63.1 Å². The van der Waals surface area contributed by atoms with Gasteiger partial charge in [-0.1, -0.05) is 61.4 Å². The number of sulfonamides is 1. The second kappa shape index (κ2) is 13.0. The highest BCUT2D eigenvalue weighted by Crippen LogP contribution is 2.27. The molecule has 4 rings (SSSR count). The Bertz CT molecular complexity index is 1400. The van der Waals surface area contributed by atoms with Crippen molar-refractivity contribution < 1.29 is 22.7 Å². The highest BCUT2D eigenvalue weighted by atomic mass is 32.2. The molecule has 1 fully saturated rings. The number of carbonyl (C=O) groups excluding carboxylic acids is 2. The van der Waals surface area contributed by atoms with Crippen LogP contribution in [0.1, 0.15) is 43.7 Å². The summed E-state index contributed by atoms with van der Waals surface area (Å²) < 4.78 is 34.1. The van der Waals surface area contributed by atoms with Gasteiger partial charge in [0, 0.05) is 12.6 Å². The fourth-order valence-electron chi connectivity index (χ4n) is 4.98. The van der Waals surface area contributed by atoms with Crippen LogP contribution in [0.25, 0.3) is 0 Å². The minimum Gasteiger partial charge on any atom is -0.497 e. The van der Waals surface area contributed by atoms with Crippen LogP contribution in [-0.4, -0.2) is 50.9 Å². The smallest absolute Gasteiger partial charge is 0.264 e. The molecule has 1 N–H and O–H groups in total. The fraction of sp³-hybridized carbons (Fsp3) is 0.355. The van der Waals surface area contributed by atoms with Gasteiger partial charge in [0.05, 0.1) is 17.7 Å². The lowest BCUT2D eigenvalue weighted by Crippen LogP contribution is -2.52. The van der Waals surface area contributed by atoms with Gasteiger partial charge in [0.25, 0.3) is 10.0 Å². The van der Waals surface area contributed by atoms with Crippen LogP contribution in [0.4, 0.5) is 5.69 Å². The van der Waals surface area contributed by atoms with Crippen LogP contribution >= 0.6 is 0 Å². The van der Waals surface area contributed by atoms with Crippen LogP contribution in [0.2, 0.25) is 0 Å². The van der Waals surface area contributed by atoms with Gasteiger partial charge in [-0.2, -0.15) is 0 Å². The van der Waals surface area contributed by atoms with Gasteiger partial charge in [0.2, 0.25) is 11.8 Å². The third-order valence-corrected chi connectivity index (χ3v) is 9.15. The van der Waals surface area contributed by atoms with Gasteiger partial charge in [-0.15, -0.1) is 0 Å². The predicted molar refractivity (Wildman–Crippen MR) is 156 cm³/mol. The molecule has 0 saturated heterocycles. The van der Waals surface area contributed by atoms with Crippen molar-refractivity contribution in [2.24, 2.45) is 0 Å². The molecule has 3 aromatic carbocycles. The first-order valence-corrected chi connectivity index (χ1v) is 15.0. The van der Waals surface area contributed by atoms with Gasteiger partial charge in [-0.05, 0) is 68.1 Å². The number of amides is 2. The lowest BCUT2D eigenvalue weighted by atomic mass is 10.1.